The molecule has 0 aliphatic heterocycles. The molecule has 0 heterocycles. The van der Waals surface area contributed by atoms with Gasteiger partial charge in [-0.3, -0.25) is 9.59 Å². The zero-order valence-electron chi connectivity index (χ0n) is 12.3. The lowest BCUT2D eigenvalue weighted by Gasteiger charge is -2.23. The molecule has 0 atom stereocenters. The monoisotopic (exact) mass is 275 g/mol. The number of nitrogens with zero attached hydrogens (tertiary/aromatic N) is 1. The highest BCUT2D eigenvalue weighted by Crippen LogP contribution is 2.29. The molecule has 4 heteroatoms. The maximum atomic E-state index is 12.7. The van der Waals surface area contributed by atoms with Crippen LogP contribution in [0.1, 0.15) is 41.3 Å². The second-order valence-corrected chi connectivity index (χ2v) is 5.24. The van der Waals surface area contributed by atoms with Gasteiger partial charge in [-0.2, -0.15) is 0 Å². The van der Waals surface area contributed by atoms with Crippen molar-refractivity contribution < 1.29 is 14.3 Å². The first-order valence-electron chi connectivity index (χ1n) is 7.07. The lowest BCUT2D eigenvalue weighted by atomic mass is 10.0. The van der Waals surface area contributed by atoms with Crippen molar-refractivity contribution in [1.82, 2.24) is 4.90 Å². The number of esters is 1. The summed E-state index contributed by atoms with van der Waals surface area (Å²) in [7, 11) is 0. The summed E-state index contributed by atoms with van der Waals surface area (Å²) >= 11 is 0. The van der Waals surface area contributed by atoms with Gasteiger partial charge in [-0.05, 0) is 44.7 Å². The second-order valence-electron chi connectivity index (χ2n) is 5.24. The van der Waals surface area contributed by atoms with Crippen LogP contribution in [0.4, 0.5) is 0 Å². The van der Waals surface area contributed by atoms with E-state index in [-0.39, 0.29) is 24.5 Å². The first kappa shape index (κ1) is 14.6. The van der Waals surface area contributed by atoms with Crippen molar-refractivity contribution in [3.8, 4) is 0 Å². The van der Waals surface area contributed by atoms with E-state index >= 15 is 0 Å². The summed E-state index contributed by atoms with van der Waals surface area (Å²) in [5.41, 5.74) is 2.61. The Kier molecular flexibility index (Phi) is 4.42. The molecular formula is C16H21NO3. The van der Waals surface area contributed by atoms with E-state index in [4.69, 9.17) is 4.74 Å². The van der Waals surface area contributed by atoms with Gasteiger partial charge in [-0.25, -0.2) is 0 Å². The Balaban J connectivity index is 2.21. The van der Waals surface area contributed by atoms with E-state index in [1.165, 1.54) is 0 Å². The van der Waals surface area contributed by atoms with Crippen LogP contribution in [-0.4, -0.2) is 36.0 Å². The fraction of sp³-hybridized carbons (Fsp3) is 0.500. The van der Waals surface area contributed by atoms with Gasteiger partial charge in [-0.15, -0.1) is 0 Å². The second kappa shape index (κ2) is 6.07. The SMILES string of the molecule is CCOC(=O)CN(C(=O)c1c(C)cccc1C)C1CC1. The predicted molar refractivity (Wildman–Crippen MR) is 76.6 cm³/mol. The highest BCUT2D eigenvalue weighted by Gasteiger charge is 2.35. The molecule has 1 aliphatic carbocycles. The summed E-state index contributed by atoms with van der Waals surface area (Å²) in [5, 5.41) is 0. The minimum Gasteiger partial charge on any atom is -0.465 e. The summed E-state index contributed by atoms with van der Waals surface area (Å²) in [5.74, 6) is -0.393. The van der Waals surface area contributed by atoms with Crippen molar-refractivity contribution in [3.05, 3.63) is 34.9 Å². The van der Waals surface area contributed by atoms with E-state index < -0.39 is 0 Å². The van der Waals surface area contributed by atoms with Gasteiger partial charge >= 0.3 is 5.97 Å². The van der Waals surface area contributed by atoms with Gasteiger partial charge in [0.2, 0.25) is 0 Å². The molecule has 0 spiro atoms. The molecule has 0 saturated heterocycles. The number of aryl methyl sites for hydroxylation is 2. The van der Waals surface area contributed by atoms with Gasteiger partial charge in [0.05, 0.1) is 6.61 Å². The molecule has 20 heavy (non-hydrogen) atoms. The minimum atomic E-state index is -0.334. The Hall–Kier alpha value is -1.84. The zero-order chi connectivity index (χ0) is 14.7. The predicted octanol–water partition coefficient (Wildman–Crippen LogP) is 2.47. The Morgan fingerprint density at radius 3 is 2.35 bits per heavy atom. The number of hydrogen-bond donors (Lipinski definition) is 0. The molecule has 108 valence electrons. The quantitative estimate of drug-likeness (QED) is 0.776. The van der Waals surface area contributed by atoms with Gasteiger partial charge in [0, 0.05) is 11.6 Å². The molecule has 1 aliphatic rings. The lowest BCUT2D eigenvalue weighted by molar-refractivity contribution is -0.144. The molecule has 0 N–H and O–H groups in total. The third kappa shape index (κ3) is 3.18. The summed E-state index contributed by atoms with van der Waals surface area (Å²) in [4.78, 5) is 26.1. The Bertz CT molecular complexity index is 500. The largest absolute Gasteiger partial charge is 0.465 e. The van der Waals surface area contributed by atoms with Crippen LogP contribution in [-0.2, 0) is 9.53 Å². The number of carbonyl (C=O) groups is 2. The topological polar surface area (TPSA) is 46.6 Å². The number of hydrogen-bond acceptors (Lipinski definition) is 3. The van der Waals surface area contributed by atoms with Crippen LogP contribution in [0.5, 0.6) is 0 Å². The van der Waals surface area contributed by atoms with Crippen LogP contribution in [0.25, 0.3) is 0 Å². The van der Waals surface area contributed by atoms with Gasteiger partial charge < -0.3 is 9.64 Å². The Morgan fingerprint density at radius 2 is 1.85 bits per heavy atom. The summed E-state index contributed by atoms with van der Waals surface area (Å²) < 4.78 is 4.96. The average molecular weight is 275 g/mol. The van der Waals surface area contributed by atoms with Crippen LogP contribution in [0.15, 0.2) is 18.2 Å². The fourth-order valence-corrected chi connectivity index (χ4v) is 2.39. The summed E-state index contributed by atoms with van der Waals surface area (Å²) in [6.07, 6.45) is 1.94. The molecule has 1 saturated carbocycles. The summed E-state index contributed by atoms with van der Waals surface area (Å²) in [6, 6.07) is 5.98. The number of ether oxygens (including phenoxy) is 1. The first-order chi connectivity index (χ1) is 9.54. The van der Waals surface area contributed by atoms with Crippen molar-refractivity contribution >= 4 is 11.9 Å². The third-order valence-electron chi connectivity index (χ3n) is 3.55. The van der Waals surface area contributed by atoms with Crippen LogP contribution in [0, 0.1) is 13.8 Å². The fourth-order valence-electron chi connectivity index (χ4n) is 2.39. The van der Waals surface area contributed by atoms with Crippen molar-refractivity contribution in [2.24, 2.45) is 0 Å². The van der Waals surface area contributed by atoms with Crippen LogP contribution in [0.3, 0.4) is 0 Å². The van der Waals surface area contributed by atoms with E-state index in [2.05, 4.69) is 0 Å². The summed E-state index contributed by atoms with van der Waals surface area (Å²) in [6.45, 7) is 6.01. The molecule has 0 unspecified atom stereocenters. The highest BCUT2D eigenvalue weighted by atomic mass is 16.5. The minimum absolute atomic E-state index is 0.0467. The highest BCUT2D eigenvalue weighted by molar-refractivity contribution is 5.98. The normalized spacial score (nSPS) is 13.9. The molecule has 4 nitrogen and oxygen atoms in total. The smallest absolute Gasteiger partial charge is 0.325 e. The van der Waals surface area contributed by atoms with Crippen molar-refractivity contribution in [2.45, 2.75) is 39.7 Å². The van der Waals surface area contributed by atoms with E-state index in [0.717, 1.165) is 24.0 Å². The van der Waals surface area contributed by atoms with E-state index in [1.807, 2.05) is 32.0 Å². The first-order valence-corrected chi connectivity index (χ1v) is 7.07. The molecular weight excluding hydrogens is 254 g/mol. The molecule has 0 aromatic heterocycles. The molecule has 1 fully saturated rings. The molecule has 1 aromatic carbocycles. The molecule has 0 bridgehead atoms. The molecule has 1 aromatic rings. The van der Waals surface area contributed by atoms with Gasteiger partial charge in [0.1, 0.15) is 6.54 Å². The van der Waals surface area contributed by atoms with Crippen molar-refractivity contribution in [2.75, 3.05) is 13.2 Å². The number of rotatable bonds is 5. The Morgan fingerprint density at radius 1 is 1.25 bits per heavy atom. The number of benzene rings is 1. The number of carbonyl (C=O) groups excluding carboxylic acids is 2. The standard InChI is InChI=1S/C16H21NO3/c1-4-20-14(18)10-17(13-8-9-13)16(19)15-11(2)6-5-7-12(15)3/h5-7,13H,4,8-10H2,1-3H3. The zero-order valence-corrected chi connectivity index (χ0v) is 12.3. The van der Waals surface area contributed by atoms with Crippen LogP contribution < -0.4 is 0 Å². The third-order valence-corrected chi connectivity index (χ3v) is 3.55. The average Bonchev–Trinajstić information content (AvgIpc) is 3.20. The van der Waals surface area contributed by atoms with Gasteiger partial charge in [0.15, 0.2) is 0 Å². The van der Waals surface area contributed by atoms with Crippen LogP contribution >= 0.6 is 0 Å². The van der Waals surface area contributed by atoms with E-state index in [9.17, 15) is 9.59 Å². The number of amides is 1. The maximum Gasteiger partial charge on any atom is 0.325 e. The lowest BCUT2D eigenvalue weighted by Crippen LogP contribution is -2.38. The molecule has 0 radical (unpaired) electrons. The maximum absolute atomic E-state index is 12.7. The van der Waals surface area contributed by atoms with Crippen molar-refractivity contribution in [3.63, 3.8) is 0 Å². The van der Waals surface area contributed by atoms with Crippen molar-refractivity contribution in [1.29, 1.82) is 0 Å². The van der Waals surface area contributed by atoms with E-state index in [1.54, 1.807) is 11.8 Å². The van der Waals surface area contributed by atoms with E-state index in [0.29, 0.717) is 12.2 Å². The Labute approximate surface area is 119 Å². The van der Waals surface area contributed by atoms with Crippen LogP contribution in [0.2, 0.25) is 0 Å². The van der Waals surface area contributed by atoms with Gasteiger partial charge in [-0.1, -0.05) is 18.2 Å². The van der Waals surface area contributed by atoms with Gasteiger partial charge in [0.25, 0.3) is 5.91 Å². The molecule has 1 amide bonds. The molecule has 2 rings (SSSR count).